The molecule has 0 bridgehead atoms. The van der Waals surface area contributed by atoms with E-state index in [1.807, 2.05) is 6.92 Å². The second kappa shape index (κ2) is 6.89. The van der Waals surface area contributed by atoms with Crippen LogP contribution in [0.1, 0.15) is 36.5 Å². The van der Waals surface area contributed by atoms with Crippen molar-refractivity contribution >= 4 is 6.29 Å². The number of hydrogen-bond donors (Lipinski definition) is 0. The monoisotopic (exact) mass is 286 g/mol. The molecular formula is C16H18N2O3. The topological polar surface area (TPSA) is 60.2 Å². The molecule has 110 valence electrons. The molecule has 5 nitrogen and oxygen atoms in total. The second-order valence-electron chi connectivity index (χ2n) is 4.74. The number of aldehydes is 1. The Balaban J connectivity index is 1.88. The number of carbonyl (C=O) groups is 1. The Morgan fingerprint density at radius 1 is 1.33 bits per heavy atom. The molecule has 0 unspecified atom stereocenters. The minimum absolute atomic E-state index is 0.362. The predicted molar refractivity (Wildman–Crippen MR) is 78.8 cm³/mol. The van der Waals surface area contributed by atoms with E-state index in [1.54, 1.807) is 18.2 Å². The second-order valence-corrected chi connectivity index (χ2v) is 4.74. The third kappa shape index (κ3) is 4.06. The molecule has 1 heterocycles. The van der Waals surface area contributed by atoms with Crippen molar-refractivity contribution in [1.29, 1.82) is 0 Å². The standard InChI is InChI=1S/C16H18N2O3/c1-3-5-8-16(17-18-16)9-10-21-15-7-6-14(20-4-2)11-13(15)12-19/h1,6-7,11-12H,4-5,8-10H2,2H3. The Hall–Kier alpha value is -2.35. The highest BCUT2D eigenvalue weighted by molar-refractivity contribution is 5.80. The largest absolute Gasteiger partial charge is 0.494 e. The third-order valence-electron chi connectivity index (χ3n) is 3.23. The molecule has 5 heteroatoms. The van der Waals surface area contributed by atoms with Crippen molar-refractivity contribution in [1.82, 2.24) is 0 Å². The Morgan fingerprint density at radius 2 is 2.14 bits per heavy atom. The third-order valence-corrected chi connectivity index (χ3v) is 3.23. The maximum atomic E-state index is 11.1. The summed E-state index contributed by atoms with van der Waals surface area (Å²) < 4.78 is 11.0. The van der Waals surface area contributed by atoms with E-state index in [1.165, 1.54) is 0 Å². The number of terminal acetylenes is 1. The molecule has 2 rings (SSSR count). The van der Waals surface area contributed by atoms with Gasteiger partial charge >= 0.3 is 0 Å². The SMILES string of the molecule is C#CCCC1(CCOc2ccc(OCC)cc2C=O)N=N1. The zero-order chi connectivity index (χ0) is 15.1. The van der Waals surface area contributed by atoms with Crippen LogP contribution in [0.5, 0.6) is 11.5 Å². The molecule has 0 atom stereocenters. The van der Waals surface area contributed by atoms with Crippen LogP contribution in [0.3, 0.4) is 0 Å². The van der Waals surface area contributed by atoms with Crippen molar-refractivity contribution in [3.63, 3.8) is 0 Å². The molecular weight excluding hydrogens is 268 g/mol. The predicted octanol–water partition coefficient (Wildman–Crippen LogP) is 3.24. The van der Waals surface area contributed by atoms with Crippen molar-refractivity contribution in [2.24, 2.45) is 10.2 Å². The van der Waals surface area contributed by atoms with E-state index in [9.17, 15) is 4.79 Å². The van der Waals surface area contributed by atoms with Crippen molar-refractivity contribution in [3.8, 4) is 23.8 Å². The molecule has 0 spiro atoms. The molecule has 0 N–H and O–H groups in total. The zero-order valence-electron chi connectivity index (χ0n) is 12.0. The first-order chi connectivity index (χ1) is 10.2. The molecule has 0 amide bonds. The summed E-state index contributed by atoms with van der Waals surface area (Å²) in [5.74, 6) is 3.79. The number of carbonyl (C=O) groups excluding carboxylic acids is 1. The average molecular weight is 286 g/mol. The van der Waals surface area contributed by atoms with Gasteiger partial charge in [0.1, 0.15) is 11.5 Å². The smallest absolute Gasteiger partial charge is 0.195 e. The summed E-state index contributed by atoms with van der Waals surface area (Å²) >= 11 is 0. The minimum atomic E-state index is -0.362. The van der Waals surface area contributed by atoms with Gasteiger partial charge in [-0.1, -0.05) is 0 Å². The highest BCUT2D eigenvalue weighted by Gasteiger charge is 2.38. The van der Waals surface area contributed by atoms with Crippen LogP contribution < -0.4 is 9.47 Å². The number of nitrogens with zero attached hydrogens (tertiary/aromatic N) is 2. The zero-order valence-corrected chi connectivity index (χ0v) is 12.0. The van der Waals surface area contributed by atoms with Crippen LogP contribution in [0.15, 0.2) is 28.4 Å². The fourth-order valence-electron chi connectivity index (χ4n) is 2.00. The normalized spacial score (nSPS) is 14.3. The maximum absolute atomic E-state index is 11.1. The first kappa shape index (κ1) is 15.0. The number of rotatable bonds is 9. The molecule has 0 aliphatic carbocycles. The van der Waals surface area contributed by atoms with Crippen LogP contribution in [0, 0.1) is 12.3 Å². The highest BCUT2D eigenvalue weighted by Crippen LogP contribution is 2.36. The van der Waals surface area contributed by atoms with Gasteiger partial charge in [-0.15, -0.1) is 12.3 Å². The van der Waals surface area contributed by atoms with E-state index in [-0.39, 0.29) is 5.66 Å². The number of benzene rings is 1. The molecule has 1 aromatic carbocycles. The molecule has 0 saturated carbocycles. The van der Waals surface area contributed by atoms with Gasteiger partial charge in [0.25, 0.3) is 0 Å². The van der Waals surface area contributed by atoms with Gasteiger partial charge in [0.15, 0.2) is 11.9 Å². The van der Waals surface area contributed by atoms with Crippen LogP contribution in [0.2, 0.25) is 0 Å². The van der Waals surface area contributed by atoms with Crippen LogP contribution in [-0.4, -0.2) is 25.2 Å². The average Bonchev–Trinajstić information content (AvgIpc) is 3.27. The number of hydrogen-bond acceptors (Lipinski definition) is 5. The molecule has 0 saturated heterocycles. The van der Waals surface area contributed by atoms with Gasteiger partial charge in [0, 0.05) is 19.3 Å². The van der Waals surface area contributed by atoms with E-state index in [0.29, 0.717) is 43.1 Å². The molecule has 0 aromatic heterocycles. The lowest BCUT2D eigenvalue weighted by Crippen LogP contribution is -2.15. The first-order valence-electron chi connectivity index (χ1n) is 6.95. The van der Waals surface area contributed by atoms with Gasteiger partial charge in [-0.05, 0) is 25.1 Å². The Labute approximate surface area is 124 Å². The molecule has 21 heavy (non-hydrogen) atoms. The summed E-state index contributed by atoms with van der Waals surface area (Å²) in [6, 6.07) is 5.20. The summed E-state index contributed by atoms with van der Waals surface area (Å²) in [5.41, 5.74) is 0.113. The summed E-state index contributed by atoms with van der Waals surface area (Å²) in [6.07, 6.45) is 8.07. The van der Waals surface area contributed by atoms with Gasteiger partial charge in [-0.2, -0.15) is 10.2 Å². The van der Waals surface area contributed by atoms with Gasteiger partial charge in [0.05, 0.1) is 18.8 Å². The molecule has 0 fully saturated rings. The Kier molecular flexibility index (Phi) is 4.94. The number of ether oxygens (including phenoxy) is 2. The van der Waals surface area contributed by atoms with E-state index in [0.717, 1.165) is 12.7 Å². The summed E-state index contributed by atoms with van der Waals surface area (Å²) in [4.78, 5) is 11.1. The lowest BCUT2D eigenvalue weighted by molar-refractivity contribution is 0.111. The fourth-order valence-corrected chi connectivity index (χ4v) is 2.00. The van der Waals surface area contributed by atoms with Crippen LogP contribution in [0.25, 0.3) is 0 Å². The molecule has 1 aliphatic rings. The summed E-state index contributed by atoms with van der Waals surface area (Å²) in [7, 11) is 0. The van der Waals surface area contributed by atoms with Crippen molar-refractivity contribution in [3.05, 3.63) is 23.8 Å². The fraction of sp³-hybridized carbons (Fsp3) is 0.438. The van der Waals surface area contributed by atoms with Gasteiger partial charge in [-0.25, -0.2) is 0 Å². The highest BCUT2D eigenvalue weighted by atomic mass is 16.5. The Morgan fingerprint density at radius 3 is 2.76 bits per heavy atom. The Bertz CT molecular complexity index is 569. The summed E-state index contributed by atoms with van der Waals surface area (Å²) in [6.45, 7) is 2.88. The quantitative estimate of drug-likeness (QED) is 0.517. The van der Waals surface area contributed by atoms with E-state index in [2.05, 4.69) is 16.1 Å². The van der Waals surface area contributed by atoms with Gasteiger partial charge in [0.2, 0.25) is 0 Å². The van der Waals surface area contributed by atoms with Crippen molar-refractivity contribution in [2.75, 3.05) is 13.2 Å². The summed E-state index contributed by atoms with van der Waals surface area (Å²) in [5, 5.41) is 8.09. The molecule has 1 aromatic rings. The minimum Gasteiger partial charge on any atom is -0.494 e. The lowest BCUT2D eigenvalue weighted by atomic mass is 10.1. The van der Waals surface area contributed by atoms with E-state index < -0.39 is 0 Å². The van der Waals surface area contributed by atoms with Gasteiger partial charge in [-0.3, -0.25) is 4.79 Å². The van der Waals surface area contributed by atoms with E-state index >= 15 is 0 Å². The lowest BCUT2D eigenvalue weighted by Gasteiger charge is -2.12. The van der Waals surface area contributed by atoms with Crippen LogP contribution in [-0.2, 0) is 0 Å². The van der Waals surface area contributed by atoms with Crippen LogP contribution >= 0.6 is 0 Å². The van der Waals surface area contributed by atoms with Crippen molar-refractivity contribution in [2.45, 2.75) is 31.8 Å². The van der Waals surface area contributed by atoms with Gasteiger partial charge < -0.3 is 9.47 Å². The molecule has 1 aliphatic heterocycles. The molecule has 0 radical (unpaired) electrons. The van der Waals surface area contributed by atoms with Crippen molar-refractivity contribution < 1.29 is 14.3 Å². The maximum Gasteiger partial charge on any atom is 0.195 e. The van der Waals surface area contributed by atoms with E-state index in [4.69, 9.17) is 15.9 Å². The van der Waals surface area contributed by atoms with Crippen LogP contribution in [0.4, 0.5) is 0 Å². The first-order valence-corrected chi connectivity index (χ1v) is 6.95.